The molecule has 1 amide bonds. The molecule has 0 saturated carbocycles. The van der Waals surface area contributed by atoms with E-state index in [1.54, 1.807) is 6.92 Å². The lowest BCUT2D eigenvalue weighted by molar-refractivity contribution is -0.129. The Labute approximate surface area is 127 Å². The van der Waals surface area contributed by atoms with E-state index in [1.807, 2.05) is 48.7 Å². The monoisotopic (exact) mass is 303 g/mol. The summed E-state index contributed by atoms with van der Waals surface area (Å²) in [6.07, 6.45) is -0.817. The van der Waals surface area contributed by atoms with Crippen molar-refractivity contribution in [2.75, 3.05) is 0 Å². The second-order valence-electron chi connectivity index (χ2n) is 4.68. The van der Waals surface area contributed by atoms with E-state index in [9.17, 15) is 9.59 Å². The summed E-state index contributed by atoms with van der Waals surface area (Å²) in [5.41, 5.74) is 1.86. The fraction of sp³-hybridized carbons (Fsp3) is 0.250. The highest BCUT2D eigenvalue weighted by molar-refractivity contribution is 7.12. The van der Waals surface area contributed by atoms with Crippen LogP contribution < -0.4 is 5.32 Å². The SMILES string of the molecule is Cc1ccsc1C(=O)O[C@H](C)C(=O)NCc1ccccc1. The molecule has 5 heteroatoms. The third-order valence-corrected chi connectivity index (χ3v) is 4.01. The lowest BCUT2D eigenvalue weighted by Crippen LogP contribution is -2.35. The molecule has 0 aliphatic carbocycles. The molecule has 2 aromatic rings. The number of carbonyl (C=O) groups excluding carboxylic acids is 2. The summed E-state index contributed by atoms with van der Waals surface area (Å²) in [7, 11) is 0. The third-order valence-electron chi connectivity index (χ3n) is 3.01. The van der Waals surface area contributed by atoms with E-state index in [1.165, 1.54) is 11.3 Å². The molecule has 4 nitrogen and oxygen atoms in total. The van der Waals surface area contributed by atoms with Gasteiger partial charge in [-0.15, -0.1) is 11.3 Å². The Bertz CT molecular complexity index is 621. The van der Waals surface area contributed by atoms with Crippen molar-refractivity contribution >= 4 is 23.2 Å². The van der Waals surface area contributed by atoms with Crippen LogP contribution in [0.4, 0.5) is 0 Å². The molecule has 0 aliphatic heterocycles. The van der Waals surface area contributed by atoms with Gasteiger partial charge in [0.2, 0.25) is 0 Å². The van der Waals surface area contributed by atoms with E-state index in [0.717, 1.165) is 11.1 Å². The minimum Gasteiger partial charge on any atom is -0.448 e. The molecule has 110 valence electrons. The van der Waals surface area contributed by atoms with Gasteiger partial charge >= 0.3 is 5.97 Å². The van der Waals surface area contributed by atoms with Crippen molar-refractivity contribution in [1.82, 2.24) is 5.32 Å². The predicted molar refractivity (Wildman–Crippen MR) is 82.2 cm³/mol. The Balaban J connectivity index is 1.85. The predicted octanol–water partition coefficient (Wildman–Crippen LogP) is 2.92. The molecule has 2 rings (SSSR count). The molecule has 0 saturated heterocycles. The molecule has 1 heterocycles. The first-order valence-corrected chi connectivity index (χ1v) is 7.52. The normalized spacial score (nSPS) is 11.7. The Kier molecular flexibility index (Phi) is 5.11. The summed E-state index contributed by atoms with van der Waals surface area (Å²) in [6.45, 7) is 3.83. The minimum atomic E-state index is -0.817. The van der Waals surface area contributed by atoms with Gasteiger partial charge in [-0.05, 0) is 36.4 Å². The molecule has 1 aromatic heterocycles. The van der Waals surface area contributed by atoms with Crippen molar-refractivity contribution in [1.29, 1.82) is 0 Å². The minimum absolute atomic E-state index is 0.304. The number of esters is 1. The van der Waals surface area contributed by atoms with Crippen LogP contribution in [0.3, 0.4) is 0 Å². The highest BCUT2D eigenvalue weighted by Crippen LogP contribution is 2.17. The van der Waals surface area contributed by atoms with Crippen molar-refractivity contribution in [3.8, 4) is 0 Å². The number of hydrogen-bond donors (Lipinski definition) is 1. The first-order chi connectivity index (χ1) is 10.1. The molecule has 0 aliphatic rings. The van der Waals surface area contributed by atoms with Crippen molar-refractivity contribution in [2.24, 2.45) is 0 Å². The second kappa shape index (κ2) is 7.04. The number of benzene rings is 1. The smallest absolute Gasteiger partial charge is 0.349 e. The lowest BCUT2D eigenvalue weighted by atomic mass is 10.2. The maximum atomic E-state index is 11.9. The fourth-order valence-corrected chi connectivity index (χ4v) is 2.58. The van der Waals surface area contributed by atoms with Gasteiger partial charge in [-0.25, -0.2) is 4.79 Å². The number of ether oxygens (including phenoxy) is 1. The molecule has 0 fully saturated rings. The molecule has 0 bridgehead atoms. The number of amides is 1. The summed E-state index contributed by atoms with van der Waals surface area (Å²) >= 11 is 1.32. The fourth-order valence-electron chi connectivity index (χ4n) is 1.78. The molecule has 1 atom stereocenters. The first kappa shape index (κ1) is 15.3. The van der Waals surface area contributed by atoms with Gasteiger partial charge in [0, 0.05) is 6.54 Å². The maximum Gasteiger partial charge on any atom is 0.349 e. The number of carbonyl (C=O) groups is 2. The van der Waals surface area contributed by atoms with Crippen LogP contribution in [0, 0.1) is 6.92 Å². The van der Waals surface area contributed by atoms with Gasteiger partial charge < -0.3 is 10.1 Å². The van der Waals surface area contributed by atoms with Crippen molar-refractivity contribution < 1.29 is 14.3 Å². The summed E-state index contributed by atoms with van der Waals surface area (Å²) in [6, 6.07) is 11.4. The summed E-state index contributed by atoms with van der Waals surface area (Å²) < 4.78 is 5.19. The Morgan fingerprint density at radius 1 is 1.24 bits per heavy atom. The Morgan fingerprint density at radius 3 is 2.57 bits per heavy atom. The van der Waals surface area contributed by atoms with Crippen molar-refractivity contribution in [3.05, 3.63) is 57.8 Å². The van der Waals surface area contributed by atoms with Crippen LogP contribution in [0.15, 0.2) is 41.8 Å². The van der Waals surface area contributed by atoms with E-state index < -0.39 is 12.1 Å². The number of hydrogen-bond acceptors (Lipinski definition) is 4. The molecular weight excluding hydrogens is 286 g/mol. The van der Waals surface area contributed by atoms with Crippen LogP contribution in [0.2, 0.25) is 0 Å². The molecular formula is C16H17NO3S. The first-order valence-electron chi connectivity index (χ1n) is 6.64. The van der Waals surface area contributed by atoms with E-state index in [0.29, 0.717) is 11.4 Å². The summed E-state index contributed by atoms with van der Waals surface area (Å²) in [5.74, 6) is -0.758. The Morgan fingerprint density at radius 2 is 1.95 bits per heavy atom. The van der Waals surface area contributed by atoms with E-state index >= 15 is 0 Å². The van der Waals surface area contributed by atoms with Crippen LogP contribution in [0.5, 0.6) is 0 Å². The zero-order chi connectivity index (χ0) is 15.2. The lowest BCUT2D eigenvalue weighted by Gasteiger charge is -2.13. The zero-order valence-electron chi connectivity index (χ0n) is 12.0. The summed E-state index contributed by atoms with van der Waals surface area (Å²) in [4.78, 5) is 24.4. The Hall–Kier alpha value is -2.14. The van der Waals surface area contributed by atoms with Gasteiger partial charge in [-0.3, -0.25) is 4.79 Å². The molecule has 0 radical (unpaired) electrons. The quantitative estimate of drug-likeness (QED) is 0.864. The molecule has 21 heavy (non-hydrogen) atoms. The molecule has 0 spiro atoms. The van der Waals surface area contributed by atoms with Crippen LogP contribution in [-0.2, 0) is 16.1 Å². The van der Waals surface area contributed by atoms with Crippen LogP contribution in [-0.4, -0.2) is 18.0 Å². The van der Waals surface area contributed by atoms with Crippen LogP contribution >= 0.6 is 11.3 Å². The second-order valence-corrected chi connectivity index (χ2v) is 5.60. The average molecular weight is 303 g/mol. The largest absolute Gasteiger partial charge is 0.448 e. The average Bonchev–Trinajstić information content (AvgIpc) is 2.92. The van der Waals surface area contributed by atoms with Gasteiger partial charge in [-0.2, -0.15) is 0 Å². The van der Waals surface area contributed by atoms with Crippen molar-refractivity contribution in [2.45, 2.75) is 26.5 Å². The van der Waals surface area contributed by atoms with E-state index in [2.05, 4.69) is 5.32 Å². The number of thiophene rings is 1. The number of nitrogens with one attached hydrogen (secondary N) is 1. The summed E-state index contributed by atoms with van der Waals surface area (Å²) in [5, 5.41) is 4.58. The highest BCUT2D eigenvalue weighted by atomic mass is 32.1. The van der Waals surface area contributed by atoms with E-state index in [4.69, 9.17) is 4.74 Å². The maximum absolute atomic E-state index is 11.9. The molecule has 1 aromatic carbocycles. The van der Waals surface area contributed by atoms with Gasteiger partial charge in [0.25, 0.3) is 5.91 Å². The van der Waals surface area contributed by atoms with Gasteiger partial charge in [-0.1, -0.05) is 30.3 Å². The molecule has 0 unspecified atom stereocenters. The number of aryl methyl sites for hydroxylation is 1. The number of rotatable bonds is 5. The third kappa shape index (κ3) is 4.16. The molecule has 1 N–H and O–H groups in total. The van der Waals surface area contributed by atoms with Crippen LogP contribution in [0.1, 0.15) is 27.7 Å². The van der Waals surface area contributed by atoms with E-state index in [-0.39, 0.29) is 5.91 Å². The highest BCUT2D eigenvalue weighted by Gasteiger charge is 2.20. The van der Waals surface area contributed by atoms with Gasteiger partial charge in [0.05, 0.1) is 0 Å². The van der Waals surface area contributed by atoms with Gasteiger partial charge in [0.15, 0.2) is 6.10 Å². The zero-order valence-corrected chi connectivity index (χ0v) is 12.8. The van der Waals surface area contributed by atoms with Crippen molar-refractivity contribution in [3.63, 3.8) is 0 Å². The van der Waals surface area contributed by atoms with Gasteiger partial charge in [0.1, 0.15) is 4.88 Å². The standard InChI is InChI=1S/C16H17NO3S/c1-11-8-9-21-14(11)16(19)20-12(2)15(18)17-10-13-6-4-3-5-7-13/h3-9,12H,10H2,1-2H3,(H,17,18)/t12-/m1/s1. The van der Waals surface area contributed by atoms with Crippen LogP contribution in [0.25, 0.3) is 0 Å². The topological polar surface area (TPSA) is 55.4 Å².